The minimum absolute atomic E-state index is 0.527. The van der Waals surface area contributed by atoms with E-state index < -0.39 is 0 Å². The fraction of sp³-hybridized carbons (Fsp3) is 0.375. The SMILES string of the molecule is C=C.CCC1CN(P)CC1c1cnc2cnc3c(ccn3SI)n12. The molecule has 8 heteroatoms. The number of hydrogen-bond acceptors (Lipinski definition) is 4. The summed E-state index contributed by atoms with van der Waals surface area (Å²) in [5, 5.41) is 0. The first-order chi connectivity index (χ1) is 11.7. The van der Waals surface area contributed by atoms with Crippen molar-refractivity contribution < 1.29 is 0 Å². The summed E-state index contributed by atoms with van der Waals surface area (Å²) in [5.41, 5.74) is 4.40. The van der Waals surface area contributed by atoms with E-state index in [1.165, 1.54) is 12.1 Å². The Labute approximate surface area is 160 Å². The minimum Gasteiger partial charge on any atom is -0.292 e. The first kappa shape index (κ1) is 18.2. The normalized spacial score (nSPS) is 21.3. The van der Waals surface area contributed by atoms with Crippen LogP contribution in [-0.4, -0.2) is 36.1 Å². The Morgan fingerprint density at radius 3 is 2.83 bits per heavy atom. The van der Waals surface area contributed by atoms with Crippen LogP contribution < -0.4 is 0 Å². The highest BCUT2D eigenvalue weighted by molar-refractivity contribution is 14.2. The van der Waals surface area contributed by atoms with Crippen molar-refractivity contribution in [1.29, 1.82) is 0 Å². The summed E-state index contributed by atoms with van der Waals surface area (Å²) < 4.78 is 6.73. The molecule has 128 valence electrons. The molecule has 0 spiro atoms. The summed E-state index contributed by atoms with van der Waals surface area (Å²) >= 11 is 2.28. The molecule has 0 amide bonds. The number of halogens is 1. The van der Waals surface area contributed by atoms with Crippen molar-refractivity contribution in [2.24, 2.45) is 5.92 Å². The smallest absolute Gasteiger partial charge is 0.167 e. The summed E-state index contributed by atoms with van der Waals surface area (Å²) in [4.78, 5) is 9.17. The van der Waals surface area contributed by atoms with Crippen molar-refractivity contribution in [3.63, 3.8) is 0 Å². The first-order valence-electron chi connectivity index (χ1n) is 7.85. The van der Waals surface area contributed by atoms with Gasteiger partial charge >= 0.3 is 0 Å². The summed E-state index contributed by atoms with van der Waals surface area (Å²) in [7, 11) is 4.49. The zero-order valence-electron chi connectivity index (χ0n) is 13.6. The number of imidazole rings is 1. The zero-order valence-corrected chi connectivity index (χ0v) is 17.7. The largest absolute Gasteiger partial charge is 0.292 e. The highest BCUT2D eigenvalue weighted by Gasteiger charge is 2.33. The van der Waals surface area contributed by atoms with Gasteiger partial charge in [0.1, 0.15) is 0 Å². The van der Waals surface area contributed by atoms with Crippen molar-refractivity contribution in [3.05, 3.63) is 43.5 Å². The first-order valence-corrected chi connectivity index (χ1v) is 11.7. The predicted molar refractivity (Wildman–Crippen MR) is 115 cm³/mol. The molecule has 5 nitrogen and oxygen atoms in total. The van der Waals surface area contributed by atoms with E-state index in [9.17, 15) is 0 Å². The Morgan fingerprint density at radius 2 is 2.12 bits per heavy atom. The highest BCUT2D eigenvalue weighted by Crippen LogP contribution is 2.37. The van der Waals surface area contributed by atoms with Gasteiger partial charge in [-0.15, -0.1) is 13.2 Å². The third-order valence-electron chi connectivity index (χ3n) is 4.61. The van der Waals surface area contributed by atoms with Gasteiger partial charge in [0.2, 0.25) is 0 Å². The van der Waals surface area contributed by atoms with E-state index in [2.05, 4.69) is 86.0 Å². The van der Waals surface area contributed by atoms with Crippen LogP contribution in [0.15, 0.2) is 37.8 Å². The molecule has 1 aliphatic heterocycles. The van der Waals surface area contributed by atoms with E-state index in [4.69, 9.17) is 0 Å². The van der Waals surface area contributed by atoms with Crippen LogP contribution in [-0.2, 0) is 0 Å². The molecule has 3 aromatic rings. The molecule has 1 fully saturated rings. The maximum atomic E-state index is 4.60. The molecule has 0 N–H and O–H groups in total. The van der Waals surface area contributed by atoms with Gasteiger partial charge in [-0.05, 0) is 12.0 Å². The van der Waals surface area contributed by atoms with Gasteiger partial charge in [-0.3, -0.25) is 13.0 Å². The molecule has 4 heterocycles. The summed E-state index contributed by atoms with van der Waals surface area (Å²) in [5.74, 6) is 1.21. The maximum absolute atomic E-state index is 4.60. The van der Waals surface area contributed by atoms with Gasteiger partial charge in [-0.2, -0.15) is 0 Å². The minimum atomic E-state index is 0.527. The molecule has 3 aromatic heterocycles. The van der Waals surface area contributed by atoms with Gasteiger partial charge in [0.05, 0.1) is 11.7 Å². The molecule has 4 rings (SSSR count). The molecular formula is C16H21IN5PS. The molecular weight excluding hydrogens is 452 g/mol. The van der Waals surface area contributed by atoms with Crippen LogP contribution in [0.2, 0.25) is 0 Å². The van der Waals surface area contributed by atoms with Crippen LogP contribution in [0.3, 0.4) is 0 Å². The molecule has 24 heavy (non-hydrogen) atoms. The third kappa shape index (κ3) is 3.00. The zero-order chi connectivity index (χ0) is 17.3. The van der Waals surface area contributed by atoms with E-state index in [1.807, 2.05) is 12.4 Å². The summed E-state index contributed by atoms with van der Waals surface area (Å²) in [6.45, 7) is 10.5. The van der Waals surface area contributed by atoms with Crippen molar-refractivity contribution >= 4 is 56.5 Å². The fourth-order valence-electron chi connectivity index (χ4n) is 3.52. The Morgan fingerprint density at radius 1 is 1.33 bits per heavy atom. The Bertz CT molecular complexity index is 848. The number of aromatic nitrogens is 4. The van der Waals surface area contributed by atoms with Gasteiger partial charge in [-0.1, -0.05) is 22.7 Å². The number of hydrogen-bond donors (Lipinski definition) is 0. The lowest BCUT2D eigenvalue weighted by Crippen LogP contribution is -2.12. The van der Waals surface area contributed by atoms with Crippen molar-refractivity contribution in [1.82, 2.24) is 23.0 Å². The lowest BCUT2D eigenvalue weighted by Gasteiger charge is -2.16. The molecule has 1 saturated heterocycles. The van der Waals surface area contributed by atoms with Crippen LogP contribution in [0.4, 0.5) is 0 Å². The summed E-state index contributed by atoms with van der Waals surface area (Å²) in [6.07, 6.45) is 7.19. The van der Waals surface area contributed by atoms with Gasteiger partial charge in [0.15, 0.2) is 11.3 Å². The molecule has 3 unspecified atom stereocenters. The molecule has 0 radical (unpaired) electrons. The third-order valence-corrected chi connectivity index (χ3v) is 6.75. The maximum Gasteiger partial charge on any atom is 0.167 e. The monoisotopic (exact) mass is 473 g/mol. The molecule has 0 bridgehead atoms. The van der Waals surface area contributed by atoms with Crippen LogP contribution in [0.5, 0.6) is 0 Å². The number of nitrogens with zero attached hydrogens (tertiary/aromatic N) is 5. The Hall–Kier alpha value is -0.630. The Kier molecular flexibility index (Phi) is 5.85. The predicted octanol–water partition coefficient (Wildman–Crippen LogP) is 4.55. The highest BCUT2D eigenvalue weighted by atomic mass is 127. The fourth-order valence-corrected chi connectivity index (χ4v) is 5.28. The molecule has 1 aliphatic rings. The van der Waals surface area contributed by atoms with E-state index >= 15 is 0 Å². The van der Waals surface area contributed by atoms with Gasteiger partial charge in [0.25, 0.3) is 0 Å². The summed E-state index contributed by atoms with van der Waals surface area (Å²) in [6, 6.07) is 2.14. The average Bonchev–Trinajstić information content (AvgIpc) is 3.30. The quantitative estimate of drug-likeness (QED) is 0.318. The number of fused-ring (bicyclic) bond motifs is 3. The van der Waals surface area contributed by atoms with Crippen LogP contribution >= 0.6 is 39.7 Å². The van der Waals surface area contributed by atoms with Crippen molar-refractivity contribution in [2.75, 3.05) is 13.1 Å². The van der Waals surface area contributed by atoms with Crippen molar-refractivity contribution in [3.8, 4) is 0 Å². The average molecular weight is 473 g/mol. The number of rotatable bonds is 3. The lowest BCUT2D eigenvalue weighted by molar-refractivity contribution is 0.482. The van der Waals surface area contributed by atoms with E-state index in [0.717, 1.165) is 29.9 Å². The standard InChI is InChI=1S/C14H17IN5PS.C2H4/c1-2-9-7-18(21)8-10(9)12-5-16-13-6-17-14-11(20(12)13)3-4-19(14)22-15;1-2/h3-6,9-10H,2,7-8,21H2,1H3;1-2H2. The topological polar surface area (TPSA) is 38.4 Å². The van der Waals surface area contributed by atoms with Gasteiger partial charge < -0.3 is 0 Å². The van der Waals surface area contributed by atoms with Crippen LogP contribution in [0.25, 0.3) is 16.8 Å². The van der Waals surface area contributed by atoms with Crippen LogP contribution in [0, 0.1) is 5.92 Å². The van der Waals surface area contributed by atoms with Gasteiger partial charge in [0, 0.05) is 67.4 Å². The van der Waals surface area contributed by atoms with E-state index in [-0.39, 0.29) is 0 Å². The second kappa shape index (κ2) is 7.72. The molecule has 0 aliphatic carbocycles. The van der Waals surface area contributed by atoms with Crippen molar-refractivity contribution in [2.45, 2.75) is 19.3 Å². The van der Waals surface area contributed by atoms with E-state index in [0.29, 0.717) is 11.8 Å². The second-order valence-electron chi connectivity index (χ2n) is 5.78. The molecule has 0 aromatic carbocycles. The van der Waals surface area contributed by atoms with E-state index in [1.54, 1.807) is 9.12 Å². The Balaban J connectivity index is 0.000000815. The molecule has 0 saturated carbocycles. The van der Waals surface area contributed by atoms with Gasteiger partial charge in [-0.25, -0.2) is 9.97 Å². The van der Waals surface area contributed by atoms with Crippen LogP contribution in [0.1, 0.15) is 25.0 Å². The second-order valence-corrected chi connectivity index (χ2v) is 8.23. The molecule has 3 atom stereocenters. The lowest BCUT2D eigenvalue weighted by atomic mass is 9.91.